The van der Waals surface area contributed by atoms with E-state index in [-0.39, 0.29) is 5.91 Å². The lowest BCUT2D eigenvalue weighted by Gasteiger charge is -2.34. The van der Waals surface area contributed by atoms with Crippen LogP contribution in [0.15, 0.2) is 40.2 Å². The Hall–Kier alpha value is -1.44. The third kappa shape index (κ3) is 4.28. The van der Waals surface area contributed by atoms with Crippen LogP contribution in [0.25, 0.3) is 0 Å². The first-order chi connectivity index (χ1) is 10.8. The summed E-state index contributed by atoms with van der Waals surface area (Å²) in [4.78, 5) is 16.6. The van der Waals surface area contributed by atoms with Crippen LogP contribution in [0.2, 0.25) is 0 Å². The number of piperazine rings is 1. The van der Waals surface area contributed by atoms with Crippen LogP contribution in [0.3, 0.4) is 0 Å². The van der Waals surface area contributed by atoms with Gasteiger partial charge in [0.2, 0.25) is 5.91 Å². The molecule has 1 aromatic heterocycles. The van der Waals surface area contributed by atoms with E-state index < -0.39 is 0 Å². The largest absolute Gasteiger partial charge is 0.339 e. The summed E-state index contributed by atoms with van der Waals surface area (Å²) in [5.74, 6) is 0.646. The predicted molar refractivity (Wildman–Crippen MR) is 88.9 cm³/mol. The van der Waals surface area contributed by atoms with E-state index in [4.69, 9.17) is 0 Å². The van der Waals surface area contributed by atoms with Crippen molar-refractivity contribution in [1.29, 1.82) is 0 Å². The molecule has 2 aromatic rings. The van der Waals surface area contributed by atoms with E-state index in [1.807, 2.05) is 11.0 Å². The Morgan fingerprint density at radius 1 is 1.18 bits per heavy atom. The van der Waals surface area contributed by atoms with Crippen molar-refractivity contribution in [2.45, 2.75) is 10.9 Å². The maximum atomic E-state index is 12.2. The van der Waals surface area contributed by atoms with Crippen molar-refractivity contribution in [2.75, 3.05) is 31.9 Å². The molecule has 5 nitrogen and oxygen atoms in total. The molecule has 1 fully saturated rings. The lowest BCUT2D eigenvalue weighted by molar-refractivity contribution is -0.130. The van der Waals surface area contributed by atoms with Gasteiger partial charge in [0.15, 0.2) is 4.34 Å². The molecule has 2 heterocycles. The minimum absolute atomic E-state index is 0.194. The Morgan fingerprint density at radius 3 is 2.64 bits per heavy atom. The first kappa shape index (κ1) is 15.5. The Kier molecular flexibility index (Phi) is 5.42. The van der Waals surface area contributed by atoms with E-state index in [1.54, 1.807) is 5.51 Å². The molecule has 0 spiro atoms. The topological polar surface area (TPSA) is 49.3 Å². The second-order valence-electron chi connectivity index (χ2n) is 5.14. The number of rotatable bonds is 5. The second kappa shape index (κ2) is 7.71. The molecule has 0 bridgehead atoms. The first-order valence-electron chi connectivity index (χ1n) is 7.24. The number of hydrogen-bond acceptors (Lipinski definition) is 6. The number of thioether (sulfide) groups is 1. The van der Waals surface area contributed by atoms with Crippen molar-refractivity contribution < 1.29 is 4.79 Å². The van der Waals surface area contributed by atoms with Crippen LogP contribution < -0.4 is 0 Å². The zero-order valence-electron chi connectivity index (χ0n) is 12.2. The summed E-state index contributed by atoms with van der Waals surface area (Å²) >= 11 is 2.95. The van der Waals surface area contributed by atoms with Crippen LogP contribution in [0.4, 0.5) is 0 Å². The highest BCUT2D eigenvalue weighted by Crippen LogP contribution is 2.19. The van der Waals surface area contributed by atoms with Crippen molar-refractivity contribution in [2.24, 2.45) is 0 Å². The molecule has 0 unspecified atom stereocenters. The van der Waals surface area contributed by atoms with Gasteiger partial charge in [0.25, 0.3) is 0 Å². The summed E-state index contributed by atoms with van der Waals surface area (Å²) < 4.78 is 0.857. The smallest absolute Gasteiger partial charge is 0.233 e. The number of aromatic nitrogens is 2. The van der Waals surface area contributed by atoms with Crippen molar-refractivity contribution in [3.8, 4) is 0 Å². The van der Waals surface area contributed by atoms with Crippen LogP contribution in [0.1, 0.15) is 5.56 Å². The predicted octanol–water partition coefficient (Wildman–Crippen LogP) is 1.97. The van der Waals surface area contributed by atoms with E-state index in [0.717, 1.165) is 37.1 Å². The average molecular weight is 334 g/mol. The Labute approximate surface area is 138 Å². The molecule has 0 radical (unpaired) electrons. The van der Waals surface area contributed by atoms with Gasteiger partial charge in [-0.2, -0.15) is 0 Å². The summed E-state index contributed by atoms with van der Waals surface area (Å²) in [6.07, 6.45) is 0. The van der Waals surface area contributed by atoms with Gasteiger partial charge < -0.3 is 4.90 Å². The fraction of sp³-hybridized carbons (Fsp3) is 0.400. The maximum absolute atomic E-state index is 12.2. The molecule has 7 heteroatoms. The number of nitrogens with zero attached hydrogens (tertiary/aromatic N) is 4. The SMILES string of the molecule is O=C(CSc1nncs1)N1CCN(Cc2ccccc2)CC1. The molecular weight excluding hydrogens is 316 g/mol. The molecule has 1 aliphatic heterocycles. The highest BCUT2D eigenvalue weighted by Gasteiger charge is 2.21. The van der Waals surface area contributed by atoms with Crippen molar-refractivity contribution in [3.05, 3.63) is 41.4 Å². The molecule has 0 atom stereocenters. The molecule has 1 aromatic carbocycles. The number of benzene rings is 1. The summed E-state index contributed by atoms with van der Waals surface area (Å²) in [5.41, 5.74) is 3.02. The zero-order valence-corrected chi connectivity index (χ0v) is 13.9. The lowest BCUT2D eigenvalue weighted by Crippen LogP contribution is -2.48. The van der Waals surface area contributed by atoms with Gasteiger partial charge in [-0.25, -0.2) is 0 Å². The molecular formula is C15H18N4OS2. The van der Waals surface area contributed by atoms with Gasteiger partial charge in [-0.1, -0.05) is 53.4 Å². The Morgan fingerprint density at radius 2 is 1.95 bits per heavy atom. The molecule has 0 saturated carbocycles. The molecule has 1 aliphatic rings. The molecule has 0 N–H and O–H groups in total. The molecule has 0 aliphatic carbocycles. The van der Waals surface area contributed by atoms with E-state index in [9.17, 15) is 4.79 Å². The minimum Gasteiger partial charge on any atom is -0.339 e. The Bertz CT molecular complexity index is 583. The monoisotopic (exact) mass is 334 g/mol. The highest BCUT2D eigenvalue weighted by atomic mass is 32.2. The summed E-state index contributed by atoms with van der Waals surface area (Å²) in [5, 5.41) is 7.72. The fourth-order valence-corrected chi connectivity index (χ4v) is 3.83. The first-order valence-corrected chi connectivity index (χ1v) is 9.11. The van der Waals surface area contributed by atoms with Gasteiger partial charge in [0, 0.05) is 32.7 Å². The van der Waals surface area contributed by atoms with Gasteiger partial charge in [-0.05, 0) is 5.56 Å². The normalized spacial score (nSPS) is 15.9. The third-order valence-corrected chi connectivity index (χ3v) is 5.48. The summed E-state index contributed by atoms with van der Waals surface area (Å²) in [6.45, 7) is 4.45. The van der Waals surface area contributed by atoms with Gasteiger partial charge in [0.05, 0.1) is 5.75 Å². The number of amides is 1. The molecule has 1 amide bonds. The van der Waals surface area contributed by atoms with E-state index in [0.29, 0.717) is 5.75 Å². The van der Waals surface area contributed by atoms with Crippen molar-refractivity contribution in [1.82, 2.24) is 20.0 Å². The van der Waals surface area contributed by atoms with Crippen molar-refractivity contribution >= 4 is 29.0 Å². The van der Waals surface area contributed by atoms with E-state index in [2.05, 4.69) is 39.4 Å². The van der Waals surface area contributed by atoms with E-state index >= 15 is 0 Å². The van der Waals surface area contributed by atoms with Crippen LogP contribution >= 0.6 is 23.1 Å². The quantitative estimate of drug-likeness (QED) is 0.783. The highest BCUT2D eigenvalue weighted by molar-refractivity contribution is 8.01. The Balaban J connectivity index is 1.42. The summed E-state index contributed by atoms with van der Waals surface area (Å²) in [6, 6.07) is 10.5. The van der Waals surface area contributed by atoms with Gasteiger partial charge in [-0.15, -0.1) is 10.2 Å². The van der Waals surface area contributed by atoms with Crippen LogP contribution in [0.5, 0.6) is 0 Å². The number of hydrogen-bond donors (Lipinski definition) is 0. The molecule has 116 valence electrons. The standard InChI is InChI=1S/C15H18N4OS2/c20-14(11-21-15-17-16-12-22-15)19-8-6-18(7-9-19)10-13-4-2-1-3-5-13/h1-5,12H,6-11H2. The molecule has 1 saturated heterocycles. The van der Waals surface area contributed by atoms with Gasteiger partial charge in [-0.3, -0.25) is 9.69 Å². The van der Waals surface area contributed by atoms with Crippen molar-refractivity contribution in [3.63, 3.8) is 0 Å². The van der Waals surface area contributed by atoms with Crippen LogP contribution in [-0.4, -0.2) is 57.8 Å². The van der Waals surface area contributed by atoms with Crippen LogP contribution in [0, 0.1) is 0 Å². The third-order valence-electron chi connectivity index (χ3n) is 3.63. The molecule has 3 rings (SSSR count). The lowest BCUT2D eigenvalue weighted by atomic mass is 10.2. The number of carbonyl (C=O) groups is 1. The van der Waals surface area contributed by atoms with E-state index in [1.165, 1.54) is 28.7 Å². The second-order valence-corrected chi connectivity index (χ2v) is 7.19. The minimum atomic E-state index is 0.194. The van der Waals surface area contributed by atoms with Gasteiger partial charge >= 0.3 is 0 Å². The maximum Gasteiger partial charge on any atom is 0.233 e. The fourth-order valence-electron chi connectivity index (χ4n) is 2.44. The van der Waals surface area contributed by atoms with Gasteiger partial charge in [0.1, 0.15) is 5.51 Å². The summed E-state index contributed by atoms with van der Waals surface area (Å²) in [7, 11) is 0. The molecule has 22 heavy (non-hydrogen) atoms. The average Bonchev–Trinajstić information content (AvgIpc) is 3.08. The van der Waals surface area contributed by atoms with Crippen LogP contribution in [-0.2, 0) is 11.3 Å². The zero-order chi connectivity index (χ0) is 15.2. The number of carbonyl (C=O) groups excluding carboxylic acids is 1.